The predicted octanol–water partition coefficient (Wildman–Crippen LogP) is 3.34. The predicted molar refractivity (Wildman–Crippen MR) is 77.5 cm³/mol. The summed E-state index contributed by atoms with van der Waals surface area (Å²) in [5.41, 5.74) is 7.77. The largest absolute Gasteiger partial charge is 0.323 e. The molecule has 1 saturated heterocycles. The summed E-state index contributed by atoms with van der Waals surface area (Å²) in [7, 11) is 0. The summed E-state index contributed by atoms with van der Waals surface area (Å²) in [6.45, 7) is 5.78. The SMILES string of the molecule is CCC1CCCN1C(CC)C(N)c1ccccc1. The van der Waals surface area contributed by atoms with E-state index in [2.05, 4.69) is 49.1 Å². The Morgan fingerprint density at radius 2 is 2.00 bits per heavy atom. The van der Waals surface area contributed by atoms with Gasteiger partial charge < -0.3 is 5.73 Å². The van der Waals surface area contributed by atoms with Crippen LogP contribution in [0, 0.1) is 0 Å². The molecule has 0 aromatic heterocycles. The summed E-state index contributed by atoms with van der Waals surface area (Å²) >= 11 is 0. The molecule has 2 nitrogen and oxygen atoms in total. The van der Waals surface area contributed by atoms with Crippen LogP contribution in [0.5, 0.6) is 0 Å². The van der Waals surface area contributed by atoms with Gasteiger partial charge in [-0.15, -0.1) is 0 Å². The third-order valence-corrected chi connectivity index (χ3v) is 4.34. The fourth-order valence-corrected chi connectivity index (χ4v) is 3.33. The minimum atomic E-state index is 0.142. The van der Waals surface area contributed by atoms with Gasteiger partial charge in [0, 0.05) is 18.1 Å². The molecule has 0 radical (unpaired) electrons. The van der Waals surface area contributed by atoms with Gasteiger partial charge in [-0.05, 0) is 37.8 Å². The zero-order valence-corrected chi connectivity index (χ0v) is 11.7. The molecule has 0 aliphatic carbocycles. The zero-order chi connectivity index (χ0) is 13.0. The van der Waals surface area contributed by atoms with Gasteiger partial charge in [0.1, 0.15) is 0 Å². The van der Waals surface area contributed by atoms with Crippen LogP contribution in [0.1, 0.15) is 51.1 Å². The fraction of sp³-hybridized carbons (Fsp3) is 0.625. The van der Waals surface area contributed by atoms with Gasteiger partial charge in [0.2, 0.25) is 0 Å². The van der Waals surface area contributed by atoms with Gasteiger partial charge in [0.05, 0.1) is 0 Å². The van der Waals surface area contributed by atoms with Gasteiger partial charge >= 0.3 is 0 Å². The first-order chi connectivity index (χ1) is 8.77. The molecule has 0 saturated carbocycles. The number of rotatable bonds is 5. The zero-order valence-electron chi connectivity index (χ0n) is 11.7. The van der Waals surface area contributed by atoms with Gasteiger partial charge in [-0.1, -0.05) is 44.2 Å². The molecule has 1 aromatic rings. The van der Waals surface area contributed by atoms with Gasteiger partial charge in [0.15, 0.2) is 0 Å². The lowest BCUT2D eigenvalue weighted by Crippen LogP contribution is -2.44. The molecule has 100 valence electrons. The van der Waals surface area contributed by atoms with E-state index >= 15 is 0 Å². The molecule has 3 atom stereocenters. The Labute approximate surface area is 111 Å². The van der Waals surface area contributed by atoms with Crippen LogP contribution in [0.15, 0.2) is 30.3 Å². The Balaban J connectivity index is 2.13. The van der Waals surface area contributed by atoms with Crippen LogP contribution in [0.2, 0.25) is 0 Å². The molecule has 2 heteroatoms. The molecule has 1 aliphatic rings. The Morgan fingerprint density at radius 3 is 2.61 bits per heavy atom. The fourth-order valence-electron chi connectivity index (χ4n) is 3.33. The Bertz CT molecular complexity index is 349. The van der Waals surface area contributed by atoms with Crippen LogP contribution in [0.25, 0.3) is 0 Å². The van der Waals surface area contributed by atoms with Crippen molar-refractivity contribution in [1.29, 1.82) is 0 Å². The summed E-state index contributed by atoms with van der Waals surface area (Å²) in [5, 5.41) is 0. The van der Waals surface area contributed by atoms with Crippen LogP contribution in [-0.2, 0) is 0 Å². The molecule has 1 aliphatic heterocycles. The van der Waals surface area contributed by atoms with E-state index in [1.807, 2.05) is 0 Å². The average molecular weight is 246 g/mol. The van der Waals surface area contributed by atoms with Crippen molar-refractivity contribution in [3.8, 4) is 0 Å². The van der Waals surface area contributed by atoms with Gasteiger partial charge in [-0.3, -0.25) is 4.90 Å². The first kappa shape index (κ1) is 13.6. The molecule has 1 heterocycles. The number of nitrogens with zero attached hydrogens (tertiary/aromatic N) is 1. The van der Waals surface area contributed by atoms with Crippen LogP contribution >= 0.6 is 0 Å². The first-order valence-electron chi connectivity index (χ1n) is 7.34. The third kappa shape index (κ3) is 2.76. The van der Waals surface area contributed by atoms with Crippen molar-refractivity contribution in [3.63, 3.8) is 0 Å². The van der Waals surface area contributed by atoms with Crippen LogP contribution in [0.3, 0.4) is 0 Å². The highest BCUT2D eigenvalue weighted by Gasteiger charge is 2.32. The molecule has 0 bridgehead atoms. The Morgan fingerprint density at radius 1 is 1.28 bits per heavy atom. The molecule has 2 N–H and O–H groups in total. The lowest BCUT2D eigenvalue weighted by molar-refractivity contribution is 0.147. The number of hydrogen-bond donors (Lipinski definition) is 1. The molecule has 18 heavy (non-hydrogen) atoms. The number of nitrogens with two attached hydrogens (primary N) is 1. The molecular formula is C16H26N2. The standard InChI is InChI=1S/C16H26N2/c1-3-14-11-8-12-18(14)15(4-2)16(17)13-9-6-5-7-10-13/h5-7,9-10,14-16H,3-4,8,11-12,17H2,1-2H3. The highest BCUT2D eigenvalue weighted by molar-refractivity contribution is 5.20. The molecule has 3 unspecified atom stereocenters. The van der Waals surface area contributed by atoms with Gasteiger partial charge in [0.25, 0.3) is 0 Å². The van der Waals surface area contributed by atoms with Crippen molar-refractivity contribution < 1.29 is 0 Å². The van der Waals surface area contributed by atoms with Gasteiger partial charge in [-0.25, -0.2) is 0 Å². The average Bonchev–Trinajstić information content (AvgIpc) is 2.89. The van der Waals surface area contributed by atoms with Crippen LogP contribution in [0.4, 0.5) is 0 Å². The molecule has 1 fully saturated rings. The van der Waals surface area contributed by atoms with Crippen LogP contribution in [-0.4, -0.2) is 23.5 Å². The van der Waals surface area contributed by atoms with E-state index in [9.17, 15) is 0 Å². The van der Waals surface area contributed by atoms with E-state index in [1.54, 1.807) is 0 Å². The van der Waals surface area contributed by atoms with E-state index in [4.69, 9.17) is 5.73 Å². The Hall–Kier alpha value is -0.860. The topological polar surface area (TPSA) is 29.3 Å². The second-order valence-electron chi connectivity index (χ2n) is 5.35. The van der Waals surface area contributed by atoms with Crippen LogP contribution < -0.4 is 5.73 Å². The quantitative estimate of drug-likeness (QED) is 0.863. The Kier molecular flexibility index (Phi) is 4.79. The summed E-state index contributed by atoms with van der Waals surface area (Å²) < 4.78 is 0. The number of likely N-dealkylation sites (tertiary alicyclic amines) is 1. The lowest BCUT2D eigenvalue weighted by atomic mass is 9.96. The molecule has 2 rings (SSSR count). The van der Waals surface area contributed by atoms with Crippen molar-refractivity contribution in [1.82, 2.24) is 4.90 Å². The third-order valence-electron chi connectivity index (χ3n) is 4.34. The first-order valence-corrected chi connectivity index (χ1v) is 7.34. The molecular weight excluding hydrogens is 220 g/mol. The summed E-state index contributed by atoms with van der Waals surface area (Å²) in [6.07, 6.45) is 5.05. The minimum absolute atomic E-state index is 0.142. The normalized spacial score (nSPS) is 24.1. The highest BCUT2D eigenvalue weighted by Crippen LogP contribution is 2.29. The molecule has 0 spiro atoms. The van der Waals surface area contributed by atoms with Crippen molar-refractivity contribution in [3.05, 3.63) is 35.9 Å². The monoisotopic (exact) mass is 246 g/mol. The van der Waals surface area contributed by atoms with E-state index < -0.39 is 0 Å². The molecule has 1 aromatic carbocycles. The van der Waals surface area contributed by atoms with E-state index in [1.165, 1.54) is 31.4 Å². The van der Waals surface area contributed by atoms with Gasteiger partial charge in [-0.2, -0.15) is 0 Å². The van der Waals surface area contributed by atoms with E-state index in [0.717, 1.165) is 12.5 Å². The number of hydrogen-bond acceptors (Lipinski definition) is 2. The minimum Gasteiger partial charge on any atom is -0.323 e. The smallest absolute Gasteiger partial charge is 0.0453 e. The lowest BCUT2D eigenvalue weighted by Gasteiger charge is -2.36. The highest BCUT2D eigenvalue weighted by atomic mass is 15.2. The maximum atomic E-state index is 6.50. The summed E-state index contributed by atoms with van der Waals surface area (Å²) in [5.74, 6) is 0. The maximum absolute atomic E-state index is 6.50. The second kappa shape index (κ2) is 6.35. The maximum Gasteiger partial charge on any atom is 0.0453 e. The van der Waals surface area contributed by atoms with E-state index in [-0.39, 0.29) is 6.04 Å². The summed E-state index contributed by atoms with van der Waals surface area (Å²) in [6, 6.07) is 11.9. The molecule has 0 amide bonds. The number of benzene rings is 1. The van der Waals surface area contributed by atoms with Crippen molar-refractivity contribution >= 4 is 0 Å². The van der Waals surface area contributed by atoms with E-state index in [0.29, 0.717) is 6.04 Å². The van der Waals surface area contributed by atoms with Crippen molar-refractivity contribution in [2.24, 2.45) is 5.73 Å². The summed E-state index contributed by atoms with van der Waals surface area (Å²) in [4.78, 5) is 2.65. The van der Waals surface area contributed by atoms with Crippen molar-refractivity contribution in [2.75, 3.05) is 6.54 Å². The second-order valence-corrected chi connectivity index (χ2v) is 5.35. The van der Waals surface area contributed by atoms with Crippen molar-refractivity contribution in [2.45, 2.75) is 57.7 Å².